The van der Waals surface area contributed by atoms with Gasteiger partial charge in [-0.3, -0.25) is 9.88 Å². The van der Waals surface area contributed by atoms with E-state index >= 15 is 0 Å². The molecular weight excluding hydrogens is 343 g/mol. The van der Waals surface area contributed by atoms with E-state index in [9.17, 15) is 0 Å². The number of piperidine rings is 1. The minimum Gasteiger partial charge on any atom is -0.492 e. The summed E-state index contributed by atoms with van der Waals surface area (Å²) in [6, 6.07) is 10.0. The molecule has 0 unspecified atom stereocenters. The van der Waals surface area contributed by atoms with Crippen LogP contribution < -0.4 is 4.74 Å². The number of aromatic nitrogens is 1. The molecule has 2 heterocycles. The Morgan fingerprint density at radius 3 is 2.92 bits per heavy atom. The van der Waals surface area contributed by atoms with E-state index in [4.69, 9.17) is 27.9 Å². The van der Waals surface area contributed by atoms with Gasteiger partial charge in [0.2, 0.25) is 0 Å². The molecule has 1 aliphatic rings. The van der Waals surface area contributed by atoms with E-state index in [-0.39, 0.29) is 0 Å². The van der Waals surface area contributed by atoms with Crippen LogP contribution in [0.25, 0.3) is 0 Å². The van der Waals surface area contributed by atoms with E-state index in [1.807, 2.05) is 24.5 Å². The van der Waals surface area contributed by atoms with Crippen molar-refractivity contribution < 1.29 is 4.74 Å². The summed E-state index contributed by atoms with van der Waals surface area (Å²) in [5, 5.41) is 1.19. The summed E-state index contributed by atoms with van der Waals surface area (Å²) in [7, 11) is 0. The molecule has 1 atom stereocenters. The number of pyridine rings is 1. The predicted octanol–water partition coefficient (Wildman–Crippen LogP) is 5.38. The van der Waals surface area contributed by atoms with Crippen LogP contribution >= 0.6 is 23.2 Å². The van der Waals surface area contributed by atoms with E-state index < -0.39 is 0 Å². The lowest BCUT2D eigenvalue weighted by Gasteiger charge is -2.35. The van der Waals surface area contributed by atoms with Gasteiger partial charge in [-0.05, 0) is 55.6 Å². The summed E-state index contributed by atoms with van der Waals surface area (Å²) in [4.78, 5) is 6.82. The average molecular weight is 365 g/mol. The molecule has 0 amide bonds. The summed E-state index contributed by atoms with van der Waals surface area (Å²) in [6.45, 7) is 2.81. The van der Waals surface area contributed by atoms with Crippen LogP contribution in [0.2, 0.25) is 10.0 Å². The van der Waals surface area contributed by atoms with Gasteiger partial charge in [-0.2, -0.15) is 0 Å². The summed E-state index contributed by atoms with van der Waals surface area (Å²) in [5.41, 5.74) is 1.32. The maximum absolute atomic E-state index is 6.13. The van der Waals surface area contributed by atoms with Crippen molar-refractivity contribution in [3.63, 3.8) is 0 Å². The van der Waals surface area contributed by atoms with Crippen molar-refractivity contribution in [1.29, 1.82) is 0 Å². The number of ether oxygens (including phenoxy) is 1. The number of rotatable bonds is 6. The van der Waals surface area contributed by atoms with Crippen molar-refractivity contribution in [3.8, 4) is 5.75 Å². The first-order valence-electron chi connectivity index (χ1n) is 8.46. The highest BCUT2D eigenvalue weighted by Gasteiger charge is 2.23. The van der Waals surface area contributed by atoms with Crippen molar-refractivity contribution in [2.75, 3.05) is 19.7 Å². The summed E-state index contributed by atoms with van der Waals surface area (Å²) >= 11 is 12.0. The smallest absolute Gasteiger partial charge is 0.137 e. The van der Waals surface area contributed by atoms with E-state index in [1.54, 1.807) is 12.1 Å². The lowest BCUT2D eigenvalue weighted by Crippen LogP contribution is -2.34. The SMILES string of the molecule is Clc1ccc(OCCCN2CCCC[C@H]2c2cccnc2)c(Cl)c1. The summed E-state index contributed by atoms with van der Waals surface area (Å²) in [5.74, 6) is 0.698. The van der Waals surface area contributed by atoms with E-state index in [0.717, 1.165) is 19.5 Å². The molecule has 1 saturated heterocycles. The molecule has 128 valence electrons. The third-order valence-corrected chi connectivity index (χ3v) is 4.95. The van der Waals surface area contributed by atoms with Gasteiger partial charge in [0.15, 0.2) is 0 Å². The fourth-order valence-electron chi connectivity index (χ4n) is 3.25. The van der Waals surface area contributed by atoms with Gasteiger partial charge in [0.25, 0.3) is 0 Å². The molecule has 0 bridgehead atoms. The molecule has 2 aromatic rings. The number of benzene rings is 1. The summed E-state index contributed by atoms with van der Waals surface area (Å²) in [6.07, 6.45) is 8.55. The van der Waals surface area contributed by atoms with Crippen molar-refractivity contribution in [2.24, 2.45) is 0 Å². The zero-order valence-electron chi connectivity index (χ0n) is 13.6. The fraction of sp³-hybridized carbons (Fsp3) is 0.421. The Kier molecular flexibility index (Phi) is 6.36. The molecule has 3 nitrogen and oxygen atoms in total. The molecule has 0 aliphatic carbocycles. The lowest BCUT2D eigenvalue weighted by atomic mass is 9.96. The minimum absolute atomic E-state index is 0.478. The maximum Gasteiger partial charge on any atom is 0.137 e. The number of hydrogen-bond donors (Lipinski definition) is 0. The molecule has 0 radical (unpaired) electrons. The van der Waals surface area contributed by atoms with Gasteiger partial charge in [-0.25, -0.2) is 0 Å². The first kappa shape index (κ1) is 17.5. The highest BCUT2D eigenvalue weighted by atomic mass is 35.5. The highest BCUT2D eigenvalue weighted by Crippen LogP contribution is 2.31. The molecule has 1 aromatic heterocycles. The maximum atomic E-state index is 6.13. The molecule has 1 aliphatic heterocycles. The lowest BCUT2D eigenvalue weighted by molar-refractivity contribution is 0.137. The summed E-state index contributed by atoms with van der Waals surface area (Å²) < 4.78 is 5.79. The quantitative estimate of drug-likeness (QED) is 0.642. The molecule has 1 aromatic carbocycles. The van der Waals surface area contributed by atoms with Crippen LogP contribution in [0.1, 0.15) is 37.3 Å². The van der Waals surface area contributed by atoms with Crippen molar-refractivity contribution >= 4 is 23.2 Å². The molecule has 24 heavy (non-hydrogen) atoms. The number of nitrogens with zero attached hydrogens (tertiary/aromatic N) is 2. The van der Waals surface area contributed by atoms with Crippen LogP contribution in [0, 0.1) is 0 Å². The second kappa shape index (κ2) is 8.70. The highest BCUT2D eigenvalue weighted by molar-refractivity contribution is 6.35. The van der Waals surface area contributed by atoms with Crippen LogP contribution in [0.5, 0.6) is 5.75 Å². The normalized spacial score (nSPS) is 18.5. The van der Waals surface area contributed by atoms with Crippen molar-refractivity contribution in [1.82, 2.24) is 9.88 Å². The Morgan fingerprint density at radius 1 is 1.21 bits per heavy atom. The van der Waals surface area contributed by atoms with Crippen molar-refractivity contribution in [2.45, 2.75) is 31.7 Å². The number of likely N-dealkylation sites (tertiary alicyclic amines) is 1. The Balaban J connectivity index is 1.51. The fourth-order valence-corrected chi connectivity index (χ4v) is 3.71. The zero-order valence-corrected chi connectivity index (χ0v) is 15.1. The Morgan fingerprint density at radius 2 is 2.12 bits per heavy atom. The Labute approximate surface area is 153 Å². The van der Waals surface area contributed by atoms with Crippen LogP contribution in [-0.2, 0) is 0 Å². The monoisotopic (exact) mass is 364 g/mol. The average Bonchev–Trinajstić information content (AvgIpc) is 2.61. The van der Waals surface area contributed by atoms with E-state index in [0.29, 0.717) is 28.4 Å². The molecule has 0 N–H and O–H groups in total. The second-order valence-electron chi connectivity index (χ2n) is 6.11. The first-order valence-corrected chi connectivity index (χ1v) is 9.21. The first-order chi connectivity index (χ1) is 11.7. The zero-order chi connectivity index (χ0) is 16.8. The third kappa shape index (κ3) is 4.62. The van der Waals surface area contributed by atoms with Gasteiger partial charge >= 0.3 is 0 Å². The molecule has 1 fully saturated rings. The minimum atomic E-state index is 0.478. The van der Waals surface area contributed by atoms with Gasteiger partial charge in [0, 0.05) is 30.0 Å². The van der Waals surface area contributed by atoms with E-state index in [2.05, 4.69) is 16.0 Å². The predicted molar refractivity (Wildman–Crippen MR) is 99.0 cm³/mol. The van der Waals surface area contributed by atoms with Gasteiger partial charge in [-0.15, -0.1) is 0 Å². The molecule has 3 rings (SSSR count). The van der Waals surface area contributed by atoms with Crippen molar-refractivity contribution in [3.05, 3.63) is 58.3 Å². The second-order valence-corrected chi connectivity index (χ2v) is 6.95. The van der Waals surface area contributed by atoms with Crippen LogP contribution in [0.3, 0.4) is 0 Å². The number of hydrogen-bond acceptors (Lipinski definition) is 3. The van der Waals surface area contributed by atoms with Crippen LogP contribution in [0.4, 0.5) is 0 Å². The largest absolute Gasteiger partial charge is 0.492 e. The standard InChI is InChI=1S/C19H22Cl2N2O/c20-16-7-8-19(17(21)13-16)24-12-4-11-23-10-2-1-6-18(23)15-5-3-9-22-14-15/h3,5,7-9,13-14,18H,1-2,4,6,10-12H2/t18-/m0/s1. The molecule has 5 heteroatoms. The van der Waals surface area contributed by atoms with Gasteiger partial charge in [0.1, 0.15) is 5.75 Å². The van der Waals surface area contributed by atoms with Gasteiger partial charge in [-0.1, -0.05) is 35.7 Å². The van der Waals surface area contributed by atoms with Crippen LogP contribution in [-0.4, -0.2) is 29.6 Å². The topological polar surface area (TPSA) is 25.4 Å². The third-order valence-electron chi connectivity index (χ3n) is 4.42. The van der Waals surface area contributed by atoms with E-state index in [1.165, 1.54) is 24.8 Å². The van der Waals surface area contributed by atoms with Crippen LogP contribution in [0.15, 0.2) is 42.7 Å². The Bertz CT molecular complexity index is 651. The van der Waals surface area contributed by atoms with Gasteiger partial charge in [0.05, 0.1) is 11.6 Å². The molecular formula is C19H22Cl2N2O. The molecule has 0 saturated carbocycles. The molecule has 0 spiro atoms. The number of halogens is 2. The van der Waals surface area contributed by atoms with Gasteiger partial charge < -0.3 is 4.74 Å². The Hall–Kier alpha value is -1.29.